The summed E-state index contributed by atoms with van der Waals surface area (Å²) in [6, 6.07) is 29.4. The van der Waals surface area contributed by atoms with Gasteiger partial charge >= 0.3 is 0 Å². The number of hydrogen-bond donors (Lipinski definition) is 1. The van der Waals surface area contributed by atoms with Crippen molar-refractivity contribution in [3.8, 4) is 0 Å². The van der Waals surface area contributed by atoms with E-state index in [0.29, 0.717) is 0 Å². The highest BCUT2D eigenvalue weighted by atomic mass is 32.2. The number of aliphatic hydroxyl groups is 1. The summed E-state index contributed by atoms with van der Waals surface area (Å²) in [5.41, 5.74) is -0.0863. The summed E-state index contributed by atoms with van der Waals surface area (Å²) < 4.78 is 53.0. The molecule has 5 atom stereocenters. The molecular weight excluding hydrogens is 508 g/mol. The van der Waals surface area contributed by atoms with Crippen molar-refractivity contribution in [1.29, 1.82) is 0 Å². The highest BCUT2D eigenvalue weighted by molar-refractivity contribution is 7.86. The molecule has 0 radical (unpaired) electrons. The SMILES string of the molecule is CO[C@H]1O[C@H](COC(c2ccccc2)(c2ccccc2)c2ccccc2)[C@](C)(O)[C@H](OC)[C@H]1OS(C)(=O)=O. The number of rotatable bonds is 10. The smallest absolute Gasteiger partial charge is 0.264 e. The van der Waals surface area contributed by atoms with E-state index in [4.69, 9.17) is 23.1 Å². The number of ether oxygens (including phenoxy) is 4. The van der Waals surface area contributed by atoms with Gasteiger partial charge in [-0.2, -0.15) is 8.42 Å². The van der Waals surface area contributed by atoms with Crippen LogP contribution in [0.25, 0.3) is 0 Å². The van der Waals surface area contributed by atoms with Crippen LogP contribution in [0.5, 0.6) is 0 Å². The predicted octanol–water partition coefficient (Wildman–Crippen LogP) is 3.48. The van der Waals surface area contributed by atoms with Crippen molar-refractivity contribution < 1.29 is 36.7 Å². The second-order valence-corrected chi connectivity index (χ2v) is 11.1. The minimum absolute atomic E-state index is 0.0863. The molecule has 1 saturated heterocycles. The van der Waals surface area contributed by atoms with Crippen molar-refractivity contribution in [2.75, 3.05) is 27.1 Å². The van der Waals surface area contributed by atoms with E-state index in [1.165, 1.54) is 21.1 Å². The Kier molecular flexibility index (Phi) is 8.68. The van der Waals surface area contributed by atoms with E-state index in [9.17, 15) is 13.5 Å². The molecule has 1 heterocycles. The number of benzene rings is 3. The molecular formula is C29H34O8S. The van der Waals surface area contributed by atoms with Crippen molar-refractivity contribution in [1.82, 2.24) is 0 Å². The second kappa shape index (κ2) is 11.6. The fourth-order valence-electron chi connectivity index (χ4n) is 5.07. The summed E-state index contributed by atoms with van der Waals surface area (Å²) in [6.45, 7) is 1.42. The van der Waals surface area contributed by atoms with Crippen LogP contribution >= 0.6 is 0 Å². The molecule has 1 aliphatic heterocycles. The van der Waals surface area contributed by atoms with Crippen LogP contribution in [0.15, 0.2) is 91.0 Å². The third-order valence-corrected chi connectivity index (χ3v) is 7.43. The second-order valence-electron chi connectivity index (χ2n) is 9.47. The zero-order valence-corrected chi connectivity index (χ0v) is 22.7. The van der Waals surface area contributed by atoms with Gasteiger partial charge in [0.25, 0.3) is 10.1 Å². The Hall–Kier alpha value is -2.63. The molecule has 0 aromatic heterocycles. The van der Waals surface area contributed by atoms with Crippen LogP contribution in [-0.4, -0.2) is 70.8 Å². The van der Waals surface area contributed by atoms with Crippen LogP contribution in [0, 0.1) is 0 Å². The van der Waals surface area contributed by atoms with Gasteiger partial charge in [0.1, 0.15) is 23.4 Å². The van der Waals surface area contributed by atoms with Crippen LogP contribution < -0.4 is 0 Å². The fraction of sp³-hybridized carbons (Fsp3) is 0.379. The Balaban J connectivity index is 1.77. The molecule has 0 aliphatic carbocycles. The van der Waals surface area contributed by atoms with Gasteiger partial charge < -0.3 is 24.1 Å². The minimum Gasteiger partial charge on any atom is -0.385 e. The molecule has 38 heavy (non-hydrogen) atoms. The summed E-state index contributed by atoms with van der Waals surface area (Å²) in [6.07, 6.45) is -3.50. The Morgan fingerprint density at radius 3 is 1.66 bits per heavy atom. The summed E-state index contributed by atoms with van der Waals surface area (Å²) in [5.74, 6) is 0. The molecule has 204 valence electrons. The molecule has 0 bridgehead atoms. The first-order valence-electron chi connectivity index (χ1n) is 12.3. The van der Waals surface area contributed by atoms with E-state index in [-0.39, 0.29) is 6.61 Å². The van der Waals surface area contributed by atoms with Crippen LogP contribution in [0.4, 0.5) is 0 Å². The molecule has 0 spiro atoms. The maximum Gasteiger partial charge on any atom is 0.264 e. The molecule has 4 rings (SSSR count). The summed E-state index contributed by atoms with van der Waals surface area (Å²) in [5, 5.41) is 11.6. The van der Waals surface area contributed by atoms with Gasteiger partial charge in [-0.3, -0.25) is 4.18 Å². The molecule has 0 saturated carbocycles. The van der Waals surface area contributed by atoms with Crippen LogP contribution in [0.2, 0.25) is 0 Å². The summed E-state index contributed by atoms with van der Waals surface area (Å²) in [7, 11) is -1.16. The first kappa shape index (κ1) is 28.4. The van der Waals surface area contributed by atoms with E-state index in [1.54, 1.807) is 0 Å². The minimum atomic E-state index is -3.90. The maximum atomic E-state index is 11.9. The Bertz CT molecular complexity index is 1170. The van der Waals surface area contributed by atoms with E-state index in [1.807, 2.05) is 91.0 Å². The maximum absolute atomic E-state index is 11.9. The molecule has 3 aromatic rings. The summed E-state index contributed by atoms with van der Waals surface area (Å²) >= 11 is 0. The lowest BCUT2D eigenvalue weighted by molar-refractivity contribution is -0.324. The van der Waals surface area contributed by atoms with Crippen molar-refractivity contribution in [2.45, 2.75) is 42.7 Å². The van der Waals surface area contributed by atoms with Gasteiger partial charge in [-0.15, -0.1) is 0 Å². The fourth-order valence-corrected chi connectivity index (χ4v) is 5.67. The molecule has 8 nitrogen and oxygen atoms in total. The molecule has 1 N–H and O–H groups in total. The Morgan fingerprint density at radius 2 is 1.29 bits per heavy atom. The van der Waals surface area contributed by atoms with Crippen LogP contribution in [0.3, 0.4) is 0 Å². The van der Waals surface area contributed by atoms with Gasteiger partial charge in [-0.05, 0) is 23.6 Å². The Morgan fingerprint density at radius 1 is 0.842 bits per heavy atom. The number of hydrogen-bond acceptors (Lipinski definition) is 8. The van der Waals surface area contributed by atoms with E-state index >= 15 is 0 Å². The third kappa shape index (κ3) is 5.69. The van der Waals surface area contributed by atoms with Crippen LogP contribution in [0.1, 0.15) is 23.6 Å². The van der Waals surface area contributed by atoms with Crippen molar-refractivity contribution in [3.05, 3.63) is 108 Å². The van der Waals surface area contributed by atoms with Crippen molar-refractivity contribution in [2.24, 2.45) is 0 Å². The molecule has 3 aromatic carbocycles. The first-order chi connectivity index (χ1) is 18.1. The van der Waals surface area contributed by atoms with Crippen molar-refractivity contribution >= 4 is 10.1 Å². The van der Waals surface area contributed by atoms with E-state index in [0.717, 1.165) is 22.9 Å². The lowest BCUT2D eigenvalue weighted by Gasteiger charge is -2.49. The molecule has 1 aliphatic rings. The van der Waals surface area contributed by atoms with Gasteiger partial charge in [0, 0.05) is 14.2 Å². The highest BCUT2D eigenvalue weighted by Crippen LogP contribution is 2.42. The summed E-state index contributed by atoms with van der Waals surface area (Å²) in [4.78, 5) is 0. The lowest BCUT2D eigenvalue weighted by atomic mass is 9.79. The van der Waals surface area contributed by atoms with Crippen molar-refractivity contribution in [3.63, 3.8) is 0 Å². The zero-order chi connectivity index (χ0) is 27.4. The average Bonchev–Trinajstić information content (AvgIpc) is 2.91. The van der Waals surface area contributed by atoms with E-state index < -0.39 is 45.9 Å². The molecule has 1 fully saturated rings. The topological polar surface area (TPSA) is 101 Å². The molecule has 0 unspecified atom stereocenters. The standard InChI is InChI=1S/C29H34O8S/c1-28(30)24(36-27(34-3)25(26(28)33-2)37-38(4,31)32)20-35-29(21-14-8-5-9-15-21,22-16-10-6-11-17-22)23-18-12-7-13-19-23/h5-19,24-27,30H,20H2,1-4H3/t24-,25-,26-,27+,28+/m1/s1. The first-order valence-corrected chi connectivity index (χ1v) is 14.1. The highest BCUT2D eigenvalue weighted by Gasteiger charge is 2.56. The largest absolute Gasteiger partial charge is 0.385 e. The monoisotopic (exact) mass is 542 g/mol. The zero-order valence-electron chi connectivity index (χ0n) is 21.9. The quantitative estimate of drug-likeness (QED) is 0.307. The predicted molar refractivity (Wildman–Crippen MR) is 142 cm³/mol. The van der Waals surface area contributed by atoms with Gasteiger partial charge in [-0.1, -0.05) is 91.0 Å². The Labute approximate surface area is 224 Å². The normalized spacial score (nSPS) is 26.2. The van der Waals surface area contributed by atoms with Gasteiger partial charge in [0.15, 0.2) is 12.4 Å². The van der Waals surface area contributed by atoms with Gasteiger partial charge in [0.2, 0.25) is 0 Å². The van der Waals surface area contributed by atoms with Gasteiger partial charge in [0.05, 0.1) is 12.9 Å². The molecule has 9 heteroatoms. The van der Waals surface area contributed by atoms with Crippen LogP contribution in [-0.2, 0) is 38.8 Å². The van der Waals surface area contributed by atoms with E-state index in [2.05, 4.69) is 0 Å². The number of methoxy groups -OCH3 is 2. The average molecular weight is 543 g/mol. The lowest BCUT2D eigenvalue weighted by Crippen LogP contribution is -2.67. The van der Waals surface area contributed by atoms with Gasteiger partial charge in [-0.25, -0.2) is 0 Å². The molecule has 0 amide bonds. The third-order valence-electron chi connectivity index (χ3n) is 6.86.